The van der Waals surface area contributed by atoms with E-state index in [1.165, 1.54) is 5.56 Å². The number of nitriles is 1. The largest absolute Gasteiger partial charge is 0.482 e. The van der Waals surface area contributed by atoms with E-state index in [1.54, 1.807) is 24.3 Å². The molecule has 0 aliphatic carbocycles. The van der Waals surface area contributed by atoms with Crippen molar-refractivity contribution in [2.75, 3.05) is 6.61 Å². The zero-order chi connectivity index (χ0) is 19.3. The molecule has 0 aromatic heterocycles. The minimum atomic E-state index is -0.423. The summed E-state index contributed by atoms with van der Waals surface area (Å²) in [6, 6.07) is 12.9. The second-order valence-corrected chi connectivity index (χ2v) is 7.42. The molecule has 0 atom stereocenters. The minimum absolute atomic E-state index is 0.0830. The molecule has 2 aromatic rings. The summed E-state index contributed by atoms with van der Waals surface area (Å²) in [6.07, 6.45) is 0. The van der Waals surface area contributed by atoms with Crippen LogP contribution in [0.4, 0.5) is 0 Å². The number of carbonyl (C=O) groups excluding carboxylic acids is 1. The van der Waals surface area contributed by atoms with Gasteiger partial charge in [0.25, 0.3) is 0 Å². The van der Waals surface area contributed by atoms with Crippen molar-refractivity contribution >= 4 is 5.97 Å². The van der Waals surface area contributed by atoms with Gasteiger partial charge in [-0.25, -0.2) is 4.79 Å². The maximum Gasteiger partial charge on any atom is 0.344 e. The molecule has 136 valence electrons. The molecule has 0 heterocycles. The number of hydrogen-bond acceptors (Lipinski definition) is 4. The summed E-state index contributed by atoms with van der Waals surface area (Å²) in [7, 11) is 0. The average Bonchev–Trinajstić information content (AvgIpc) is 2.58. The normalized spacial score (nSPS) is 10.9. The topological polar surface area (TPSA) is 59.3 Å². The van der Waals surface area contributed by atoms with Crippen LogP contribution < -0.4 is 4.74 Å². The summed E-state index contributed by atoms with van der Waals surface area (Å²) >= 11 is 0. The molecule has 4 heteroatoms. The van der Waals surface area contributed by atoms with Crippen LogP contribution in [0.1, 0.15) is 48.6 Å². The average molecular weight is 351 g/mol. The summed E-state index contributed by atoms with van der Waals surface area (Å²) in [4.78, 5) is 12.0. The third kappa shape index (κ3) is 5.10. The van der Waals surface area contributed by atoms with Crippen molar-refractivity contribution in [3.05, 3.63) is 64.2 Å². The van der Waals surface area contributed by atoms with Crippen LogP contribution in [0.25, 0.3) is 0 Å². The fourth-order valence-corrected chi connectivity index (χ4v) is 2.62. The summed E-state index contributed by atoms with van der Waals surface area (Å²) < 4.78 is 10.8. The second-order valence-electron chi connectivity index (χ2n) is 7.42. The van der Waals surface area contributed by atoms with Crippen molar-refractivity contribution < 1.29 is 14.3 Å². The van der Waals surface area contributed by atoms with Gasteiger partial charge in [0, 0.05) is 0 Å². The number of esters is 1. The fourth-order valence-electron chi connectivity index (χ4n) is 2.62. The van der Waals surface area contributed by atoms with Crippen LogP contribution in [0, 0.1) is 25.2 Å². The quantitative estimate of drug-likeness (QED) is 0.739. The molecule has 26 heavy (non-hydrogen) atoms. The van der Waals surface area contributed by atoms with Crippen molar-refractivity contribution in [2.45, 2.75) is 46.6 Å². The molecule has 0 aliphatic rings. The first-order valence-corrected chi connectivity index (χ1v) is 8.60. The maximum atomic E-state index is 12.0. The Morgan fingerprint density at radius 2 is 1.65 bits per heavy atom. The molecular formula is C22H25NO3. The Balaban J connectivity index is 1.93. The van der Waals surface area contributed by atoms with Crippen LogP contribution >= 0.6 is 0 Å². The molecule has 0 spiro atoms. The lowest BCUT2D eigenvalue weighted by atomic mass is 9.84. The van der Waals surface area contributed by atoms with Gasteiger partial charge in [-0.2, -0.15) is 5.26 Å². The van der Waals surface area contributed by atoms with E-state index in [0.717, 1.165) is 16.7 Å². The second kappa shape index (κ2) is 8.05. The molecular weight excluding hydrogens is 326 g/mol. The highest BCUT2D eigenvalue weighted by Gasteiger charge is 2.17. The van der Waals surface area contributed by atoms with Gasteiger partial charge in [0.15, 0.2) is 6.61 Å². The molecule has 0 radical (unpaired) electrons. The van der Waals surface area contributed by atoms with Crippen molar-refractivity contribution in [1.82, 2.24) is 0 Å². The van der Waals surface area contributed by atoms with Crippen molar-refractivity contribution in [1.29, 1.82) is 5.26 Å². The van der Waals surface area contributed by atoms with E-state index in [-0.39, 0.29) is 18.6 Å². The van der Waals surface area contributed by atoms with Gasteiger partial charge in [-0.15, -0.1) is 0 Å². The number of aryl methyl sites for hydroxylation is 2. The van der Waals surface area contributed by atoms with E-state index in [2.05, 4.69) is 32.9 Å². The third-order valence-electron chi connectivity index (χ3n) is 4.28. The van der Waals surface area contributed by atoms with Gasteiger partial charge in [-0.1, -0.05) is 32.9 Å². The van der Waals surface area contributed by atoms with Gasteiger partial charge in [0.1, 0.15) is 12.4 Å². The first kappa shape index (κ1) is 19.5. The van der Waals surface area contributed by atoms with Crippen molar-refractivity contribution in [3.8, 4) is 11.8 Å². The monoisotopic (exact) mass is 351 g/mol. The highest BCUT2D eigenvalue weighted by atomic mass is 16.6. The summed E-state index contributed by atoms with van der Waals surface area (Å²) in [5.41, 5.74) is 5.17. The van der Waals surface area contributed by atoms with E-state index in [9.17, 15) is 4.79 Å². The molecule has 0 amide bonds. The van der Waals surface area contributed by atoms with E-state index >= 15 is 0 Å². The molecule has 0 N–H and O–H groups in total. The van der Waals surface area contributed by atoms with Crippen LogP contribution in [-0.4, -0.2) is 12.6 Å². The van der Waals surface area contributed by atoms with E-state index in [0.29, 0.717) is 11.3 Å². The molecule has 0 unspecified atom stereocenters. The standard InChI is InChI=1S/C22H25NO3/c1-15-10-18(22(3,4)5)11-16(2)20(15)13-26-21(24)14-25-19-8-6-17(12-23)7-9-19/h6-11H,13-14H2,1-5H3. The first-order valence-electron chi connectivity index (χ1n) is 8.60. The Morgan fingerprint density at radius 3 is 2.15 bits per heavy atom. The van der Waals surface area contributed by atoms with E-state index in [1.807, 2.05) is 19.9 Å². The number of nitrogens with zero attached hydrogens (tertiary/aromatic N) is 1. The Bertz CT molecular complexity index is 801. The highest BCUT2D eigenvalue weighted by Crippen LogP contribution is 2.27. The maximum absolute atomic E-state index is 12.0. The first-order chi connectivity index (χ1) is 12.2. The lowest BCUT2D eigenvalue weighted by molar-refractivity contribution is -0.147. The molecule has 2 rings (SSSR count). The lowest BCUT2D eigenvalue weighted by Gasteiger charge is -2.22. The van der Waals surface area contributed by atoms with Crippen molar-refractivity contribution in [2.24, 2.45) is 0 Å². The smallest absolute Gasteiger partial charge is 0.344 e. The molecule has 0 bridgehead atoms. The predicted octanol–water partition coefficient (Wildman–Crippen LogP) is 4.59. The lowest BCUT2D eigenvalue weighted by Crippen LogP contribution is -2.16. The molecule has 0 aliphatic heterocycles. The van der Waals surface area contributed by atoms with Crippen LogP contribution in [-0.2, 0) is 21.6 Å². The predicted molar refractivity (Wildman–Crippen MR) is 101 cm³/mol. The zero-order valence-corrected chi connectivity index (χ0v) is 16.1. The number of carbonyl (C=O) groups is 1. The van der Waals surface area contributed by atoms with Gasteiger partial charge in [0.05, 0.1) is 11.6 Å². The SMILES string of the molecule is Cc1cc(C(C)(C)C)cc(C)c1COC(=O)COc1ccc(C#N)cc1. The number of ether oxygens (including phenoxy) is 2. The highest BCUT2D eigenvalue weighted by molar-refractivity contribution is 5.71. The third-order valence-corrected chi connectivity index (χ3v) is 4.28. The van der Waals surface area contributed by atoms with Gasteiger partial charge in [-0.3, -0.25) is 0 Å². The Morgan fingerprint density at radius 1 is 1.08 bits per heavy atom. The summed E-state index contributed by atoms with van der Waals surface area (Å²) in [5.74, 6) is 0.107. The molecule has 2 aromatic carbocycles. The Labute approximate surface area is 155 Å². The van der Waals surface area contributed by atoms with Gasteiger partial charge >= 0.3 is 5.97 Å². The van der Waals surface area contributed by atoms with E-state index < -0.39 is 5.97 Å². The van der Waals surface area contributed by atoms with Crippen LogP contribution in [0.15, 0.2) is 36.4 Å². The fraction of sp³-hybridized carbons (Fsp3) is 0.364. The number of benzene rings is 2. The molecule has 0 fully saturated rings. The minimum Gasteiger partial charge on any atom is -0.482 e. The Kier molecular flexibility index (Phi) is 6.05. The van der Waals surface area contributed by atoms with Gasteiger partial charge in [0.2, 0.25) is 0 Å². The summed E-state index contributed by atoms with van der Waals surface area (Å²) in [6.45, 7) is 10.7. The summed E-state index contributed by atoms with van der Waals surface area (Å²) in [5, 5.41) is 8.77. The molecule has 4 nitrogen and oxygen atoms in total. The number of rotatable bonds is 5. The number of hydrogen-bond donors (Lipinski definition) is 0. The zero-order valence-electron chi connectivity index (χ0n) is 16.1. The molecule has 0 saturated heterocycles. The Hall–Kier alpha value is -2.80. The van der Waals surface area contributed by atoms with Crippen LogP contribution in [0.3, 0.4) is 0 Å². The van der Waals surface area contributed by atoms with Gasteiger partial charge in [-0.05, 0) is 65.8 Å². The van der Waals surface area contributed by atoms with Crippen LogP contribution in [0.5, 0.6) is 5.75 Å². The van der Waals surface area contributed by atoms with E-state index in [4.69, 9.17) is 14.7 Å². The molecule has 0 saturated carbocycles. The van der Waals surface area contributed by atoms with Crippen LogP contribution in [0.2, 0.25) is 0 Å². The van der Waals surface area contributed by atoms with Gasteiger partial charge < -0.3 is 9.47 Å². The van der Waals surface area contributed by atoms with Crippen molar-refractivity contribution in [3.63, 3.8) is 0 Å².